The average Bonchev–Trinajstić information content (AvgIpc) is 3.20. The van der Waals surface area contributed by atoms with Gasteiger partial charge in [-0.3, -0.25) is 18.6 Å². The van der Waals surface area contributed by atoms with Crippen LogP contribution >= 0.6 is 7.82 Å². The molecule has 2 atom stereocenters. The molecule has 57 heavy (non-hydrogen) atoms. The molecule has 0 aliphatic carbocycles. The normalized spacial score (nSPS) is 13.8. The molecule has 0 amide bonds. The first-order chi connectivity index (χ1) is 27.8. The molecule has 0 rings (SSSR count). The summed E-state index contributed by atoms with van der Waals surface area (Å²) in [4.78, 5) is 34.9. The number of esters is 2. The van der Waals surface area contributed by atoms with Crippen molar-refractivity contribution < 1.29 is 37.6 Å². The lowest BCUT2D eigenvalue weighted by molar-refractivity contribution is -0.161. The van der Waals surface area contributed by atoms with Crippen molar-refractivity contribution in [2.45, 2.75) is 200 Å². The molecule has 0 radical (unpaired) electrons. The highest BCUT2D eigenvalue weighted by molar-refractivity contribution is 7.47. The van der Waals surface area contributed by atoms with Crippen LogP contribution in [0.1, 0.15) is 194 Å². The van der Waals surface area contributed by atoms with Crippen LogP contribution < -0.4 is 5.73 Å². The second-order valence-corrected chi connectivity index (χ2v) is 16.4. The van der Waals surface area contributed by atoms with Crippen molar-refractivity contribution in [1.82, 2.24) is 0 Å². The Bertz CT molecular complexity index is 1120. The van der Waals surface area contributed by atoms with Crippen molar-refractivity contribution in [1.29, 1.82) is 0 Å². The van der Waals surface area contributed by atoms with E-state index in [1.165, 1.54) is 89.9 Å². The summed E-state index contributed by atoms with van der Waals surface area (Å²) in [6, 6.07) is 0. The van der Waals surface area contributed by atoms with Crippen LogP contribution in [0.5, 0.6) is 0 Å². The number of hydrogen-bond acceptors (Lipinski definition) is 8. The summed E-state index contributed by atoms with van der Waals surface area (Å²) in [5.41, 5.74) is 5.35. The standard InChI is InChI=1S/C47H84NO8P/c1-3-5-7-9-11-13-15-17-19-21-22-24-26-28-30-32-34-36-38-40-47(50)56-45(44-55-57(51,52)54-42-41-48)43-53-46(49)39-37-35-33-31-29-27-25-23-20-18-16-14-12-10-8-6-4-2/h8,10,14,16-17,19-20,23,27,29,45H,3-7,9,11-13,15,18,21-22,24-26,28,30-44,48H2,1-2H3,(H,51,52)/b10-8+,16-14+,19-17+,23-20+,29-27+/t45-/m1/s1. The summed E-state index contributed by atoms with van der Waals surface area (Å²) in [7, 11) is -4.39. The Kier molecular flexibility index (Phi) is 41.6. The van der Waals surface area contributed by atoms with Crippen molar-refractivity contribution in [2.24, 2.45) is 5.73 Å². The van der Waals surface area contributed by atoms with Gasteiger partial charge in [0.15, 0.2) is 6.10 Å². The maximum atomic E-state index is 12.6. The first-order valence-corrected chi connectivity index (χ1v) is 24.3. The van der Waals surface area contributed by atoms with Crippen molar-refractivity contribution in [3.63, 3.8) is 0 Å². The maximum absolute atomic E-state index is 12.6. The fraction of sp³-hybridized carbons (Fsp3) is 0.745. The fourth-order valence-electron chi connectivity index (χ4n) is 5.97. The van der Waals surface area contributed by atoms with E-state index in [4.69, 9.17) is 24.3 Å². The molecule has 0 aliphatic heterocycles. The molecule has 0 spiro atoms. The molecular weight excluding hydrogens is 737 g/mol. The number of rotatable bonds is 42. The van der Waals surface area contributed by atoms with Gasteiger partial charge in [0.2, 0.25) is 0 Å². The second kappa shape index (κ2) is 43.3. The Balaban J connectivity index is 4.18. The highest BCUT2D eigenvalue weighted by atomic mass is 31.2. The third kappa shape index (κ3) is 43.1. The molecule has 0 aromatic rings. The van der Waals surface area contributed by atoms with Gasteiger partial charge in [0.05, 0.1) is 13.2 Å². The topological polar surface area (TPSA) is 134 Å². The van der Waals surface area contributed by atoms with Crippen LogP contribution in [0.25, 0.3) is 0 Å². The lowest BCUT2D eigenvalue weighted by Crippen LogP contribution is -2.29. The predicted octanol–water partition coefficient (Wildman–Crippen LogP) is 13.3. The van der Waals surface area contributed by atoms with E-state index in [2.05, 4.69) is 74.6 Å². The van der Waals surface area contributed by atoms with Crippen LogP contribution in [0.4, 0.5) is 0 Å². The van der Waals surface area contributed by atoms with E-state index in [-0.39, 0.29) is 32.6 Å². The third-order valence-corrected chi connectivity index (χ3v) is 10.3. The summed E-state index contributed by atoms with van der Waals surface area (Å²) in [5.74, 6) is -0.868. The summed E-state index contributed by atoms with van der Waals surface area (Å²) in [6.07, 6.45) is 51.0. The Morgan fingerprint density at radius 2 is 0.947 bits per heavy atom. The van der Waals surface area contributed by atoms with Crippen molar-refractivity contribution >= 4 is 19.8 Å². The van der Waals surface area contributed by atoms with E-state index >= 15 is 0 Å². The number of phosphoric ester groups is 1. The van der Waals surface area contributed by atoms with Crippen LogP contribution in [0.3, 0.4) is 0 Å². The van der Waals surface area contributed by atoms with Crippen LogP contribution in [-0.4, -0.2) is 49.3 Å². The first-order valence-electron chi connectivity index (χ1n) is 22.8. The number of unbranched alkanes of at least 4 members (excludes halogenated alkanes) is 19. The molecule has 3 N–H and O–H groups in total. The summed E-state index contributed by atoms with van der Waals surface area (Å²) in [5, 5.41) is 0. The number of carbonyl (C=O) groups is 2. The first kappa shape index (κ1) is 54.7. The molecule has 9 nitrogen and oxygen atoms in total. The van der Waals surface area contributed by atoms with Crippen LogP contribution in [0, 0.1) is 0 Å². The highest BCUT2D eigenvalue weighted by Gasteiger charge is 2.26. The number of allylic oxidation sites excluding steroid dienone is 10. The molecule has 330 valence electrons. The van der Waals surface area contributed by atoms with E-state index < -0.39 is 32.5 Å². The van der Waals surface area contributed by atoms with Gasteiger partial charge in [-0.1, -0.05) is 164 Å². The van der Waals surface area contributed by atoms with Crippen LogP contribution in [0.2, 0.25) is 0 Å². The van der Waals surface area contributed by atoms with Crippen molar-refractivity contribution in [3.8, 4) is 0 Å². The molecule has 10 heteroatoms. The molecule has 0 fully saturated rings. The molecule has 0 saturated heterocycles. The zero-order chi connectivity index (χ0) is 41.8. The Morgan fingerprint density at radius 1 is 0.526 bits per heavy atom. The minimum atomic E-state index is -4.39. The SMILES string of the molecule is CCC/C=C/C/C=C/C/C=C/C/C=C/CCCCCC(=O)OC[C@H](COP(=O)(O)OCCN)OC(=O)CCCCCCCCCCC/C=C/CCCCCCCC. The Hall–Kier alpha value is -2.29. The number of hydrogen-bond donors (Lipinski definition) is 2. The monoisotopic (exact) mass is 822 g/mol. The maximum Gasteiger partial charge on any atom is 0.472 e. The average molecular weight is 822 g/mol. The fourth-order valence-corrected chi connectivity index (χ4v) is 6.74. The minimum Gasteiger partial charge on any atom is -0.462 e. The van der Waals surface area contributed by atoms with Gasteiger partial charge in [-0.15, -0.1) is 0 Å². The molecule has 0 aromatic carbocycles. The van der Waals surface area contributed by atoms with Crippen molar-refractivity contribution in [3.05, 3.63) is 60.8 Å². The van der Waals surface area contributed by atoms with E-state index in [9.17, 15) is 19.0 Å². The smallest absolute Gasteiger partial charge is 0.462 e. The van der Waals surface area contributed by atoms with E-state index in [0.717, 1.165) is 64.2 Å². The molecular formula is C47H84NO8P. The number of phosphoric acid groups is 1. The zero-order valence-corrected chi connectivity index (χ0v) is 37.2. The molecule has 0 aromatic heterocycles. The van der Waals surface area contributed by atoms with Gasteiger partial charge in [-0.2, -0.15) is 0 Å². The largest absolute Gasteiger partial charge is 0.472 e. The molecule has 0 heterocycles. The molecule has 0 bridgehead atoms. The quantitative estimate of drug-likeness (QED) is 0.0267. The van der Waals surface area contributed by atoms with Gasteiger partial charge in [-0.05, 0) is 77.0 Å². The van der Waals surface area contributed by atoms with Gasteiger partial charge >= 0.3 is 19.8 Å². The van der Waals surface area contributed by atoms with Gasteiger partial charge in [0, 0.05) is 19.4 Å². The van der Waals surface area contributed by atoms with E-state index in [1.807, 2.05) is 0 Å². The third-order valence-electron chi connectivity index (χ3n) is 9.36. The number of carbonyl (C=O) groups excluding carboxylic acids is 2. The highest BCUT2D eigenvalue weighted by Crippen LogP contribution is 2.43. The van der Waals surface area contributed by atoms with Gasteiger partial charge < -0.3 is 20.1 Å². The van der Waals surface area contributed by atoms with Crippen molar-refractivity contribution in [2.75, 3.05) is 26.4 Å². The van der Waals surface area contributed by atoms with Gasteiger partial charge in [0.1, 0.15) is 6.61 Å². The molecule has 0 aliphatic rings. The zero-order valence-electron chi connectivity index (χ0n) is 36.3. The second-order valence-electron chi connectivity index (χ2n) is 14.9. The van der Waals surface area contributed by atoms with E-state index in [0.29, 0.717) is 12.8 Å². The summed E-state index contributed by atoms with van der Waals surface area (Å²) < 4.78 is 32.8. The molecule has 0 saturated carbocycles. The summed E-state index contributed by atoms with van der Waals surface area (Å²) >= 11 is 0. The van der Waals surface area contributed by atoms with Crippen LogP contribution in [-0.2, 0) is 32.7 Å². The number of nitrogens with two attached hydrogens (primary N) is 1. The minimum absolute atomic E-state index is 0.0463. The lowest BCUT2D eigenvalue weighted by atomic mass is 10.1. The van der Waals surface area contributed by atoms with Crippen LogP contribution in [0.15, 0.2) is 60.8 Å². The predicted molar refractivity (Wildman–Crippen MR) is 238 cm³/mol. The van der Waals surface area contributed by atoms with E-state index in [1.54, 1.807) is 0 Å². The Labute approximate surface area is 349 Å². The number of ether oxygens (including phenoxy) is 2. The Morgan fingerprint density at radius 3 is 1.46 bits per heavy atom. The summed E-state index contributed by atoms with van der Waals surface area (Å²) in [6.45, 7) is 3.62. The van der Waals surface area contributed by atoms with Gasteiger partial charge in [-0.25, -0.2) is 4.57 Å². The molecule has 1 unspecified atom stereocenters. The lowest BCUT2D eigenvalue weighted by Gasteiger charge is -2.19. The van der Waals surface area contributed by atoms with Gasteiger partial charge in [0.25, 0.3) is 0 Å².